The predicted molar refractivity (Wildman–Crippen MR) is 69.2 cm³/mol. The average molecular weight is 258 g/mol. The second-order valence-electron chi connectivity index (χ2n) is 3.19. The van der Waals surface area contributed by atoms with Crippen LogP contribution < -0.4 is 5.32 Å². The van der Waals surface area contributed by atoms with E-state index in [1.807, 2.05) is 6.07 Å². The van der Waals surface area contributed by atoms with E-state index in [1.54, 1.807) is 22.7 Å². The Balaban J connectivity index is 2.27. The lowest BCUT2D eigenvalue weighted by atomic mass is 10.1. The van der Waals surface area contributed by atoms with Crippen LogP contribution >= 0.6 is 34.3 Å². The summed E-state index contributed by atoms with van der Waals surface area (Å²) in [6.07, 6.45) is 0. The quantitative estimate of drug-likeness (QED) is 0.867. The summed E-state index contributed by atoms with van der Waals surface area (Å²) < 4.78 is 0.850. The Labute approximate surface area is 103 Å². The van der Waals surface area contributed by atoms with Crippen LogP contribution in [-0.4, -0.2) is 6.54 Å². The van der Waals surface area contributed by atoms with E-state index in [4.69, 9.17) is 11.6 Å². The Kier molecular flexibility index (Phi) is 3.81. The molecule has 0 aliphatic heterocycles. The average Bonchev–Trinajstić information content (AvgIpc) is 2.85. The molecule has 2 rings (SSSR count). The van der Waals surface area contributed by atoms with Gasteiger partial charge < -0.3 is 5.32 Å². The molecule has 1 N–H and O–H groups in total. The molecule has 0 aromatic carbocycles. The van der Waals surface area contributed by atoms with Crippen molar-refractivity contribution in [2.45, 2.75) is 13.0 Å². The lowest BCUT2D eigenvalue weighted by Crippen LogP contribution is -2.20. The minimum absolute atomic E-state index is 0.291. The number of halogens is 1. The van der Waals surface area contributed by atoms with Gasteiger partial charge in [-0.05, 0) is 41.1 Å². The lowest BCUT2D eigenvalue weighted by molar-refractivity contribution is 0.641. The van der Waals surface area contributed by atoms with E-state index in [0.29, 0.717) is 6.04 Å². The minimum atomic E-state index is 0.291. The fourth-order valence-electron chi connectivity index (χ4n) is 1.51. The summed E-state index contributed by atoms with van der Waals surface area (Å²) in [5, 5.41) is 7.76. The first kappa shape index (κ1) is 11.1. The molecule has 4 heteroatoms. The maximum atomic E-state index is 5.96. The predicted octanol–water partition coefficient (Wildman–Crippen LogP) is 4.16. The van der Waals surface area contributed by atoms with E-state index in [-0.39, 0.29) is 0 Å². The highest BCUT2D eigenvalue weighted by molar-refractivity contribution is 7.16. The SMILES string of the molecule is CCNC(c1ccsc1)c1ccc(Cl)s1. The Hall–Kier alpha value is -0.350. The zero-order valence-corrected chi connectivity index (χ0v) is 10.8. The monoisotopic (exact) mass is 257 g/mol. The number of hydrogen-bond acceptors (Lipinski definition) is 3. The van der Waals surface area contributed by atoms with Gasteiger partial charge in [0.05, 0.1) is 10.4 Å². The van der Waals surface area contributed by atoms with Crippen LogP contribution in [-0.2, 0) is 0 Å². The van der Waals surface area contributed by atoms with E-state index in [1.165, 1.54) is 10.4 Å². The van der Waals surface area contributed by atoms with Gasteiger partial charge in [0.25, 0.3) is 0 Å². The molecule has 0 radical (unpaired) electrons. The van der Waals surface area contributed by atoms with Crippen molar-refractivity contribution in [1.29, 1.82) is 0 Å². The zero-order chi connectivity index (χ0) is 10.7. The van der Waals surface area contributed by atoms with Gasteiger partial charge in [0.1, 0.15) is 0 Å². The first-order valence-electron chi connectivity index (χ1n) is 4.82. The van der Waals surface area contributed by atoms with E-state index in [0.717, 1.165) is 10.9 Å². The normalized spacial score (nSPS) is 12.9. The van der Waals surface area contributed by atoms with Crippen molar-refractivity contribution in [3.63, 3.8) is 0 Å². The van der Waals surface area contributed by atoms with Gasteiger partial charge >= 0.3 is 0 Å². The molecule has 0 aliphatic carbocycles. The van der Waals surface area contributed by atoms with Crippen LogP contribution in [0.3, 0.4) is 0 Å². The Morgan fingerprint density at radius 1 is 1.40 bits per heavy atom. The van der Waals surface area contributed by atoms with Crippen LogP contribution in [0, 0.1) is 0 Å². The molecule has 0 amide bonds. The van der Waals surface area contributed by atoms with Crippen molar-refractivity contribution in [3.8, 4) is 0 Å². The molecule has 15 heavy (non-hydrogen) atoms. The summed E-state index contributed by atoms with van der Waals surface area (Å²) in [5.74, 6) is 0. The molecule has 2 heterocycles. The lowest BCUT2D eigenvalue weighted by Gasteiger charge is -2.14. The third-order valence-corrected chi connectivity index (χ3v) is 4.16. The number of nitrogens with one attached hydrogen (secondary N) is 1. The smallest absolute Gasteiger partial charge is 0.0931 e. The second kappa shape index (κ2) is 5.12. The van der Waals surface area contributed by atoms with Gasteiger partial charge in [-0.1, -0.05) is 18.5 Å². The van der Waals surface area contributed by atoms with Crippen molar-refractivity contribution in [2.24, 2.45) is 0 Å². The van der Waals surface area contributed by atoms with Crippen molar-refractivity contribution in [1.82, 2.24) is 5.32 Å². The molecule has 80 valence electrons. The molecular weight excluding hydrogens is 246 g/mol. The molecule has 1 unspecified atom stereocenters. The first-order valence-corrected chi connectivity index (χ1v) is 6.95. The van der Waals surface area contributed by atoms with Crippen molar-refractivity contribution in [2.75, 3.05) is 6.54 Å². The fourth-order valence-corrected chi connectivity index (χ4v) is 3.36. The summed E-state index contributed by atoms with van der Waals surface area (Å²) >= 11 is 9.33. The van der Waals surface area contributed by atoms with Gasteiger partial charge in [-0.15, -0.1) is 11.3 Å². The number of hydrogen-bond donors (Lipinski definition) is 1. The van der Waals surface area contributed by atoms with E-state index >= 15 is 0 Å². The van der Waals surface area contributed by atoms with Crippen molar-refractivity contribution in [3.05, 3.63) is 43.7 Å². The molecule has 0 fully saturated rings. The van der Waals surface area contributed by atoms with Crippen LogP contribution in [0.15, 0.2) is 29.0 Å². The molecule has 0 saturated carbocycles. The highest BCUT2D eigenvalue weighted by atomic mass is 35.5. The third kappa shape index (κ3) is 2.61. The maximum Gasteiger partial charge on any atom is 0.0931 e. The van der Waals surface area contributed by atoms with Crippen LogP contribution in [0.2, 0.25) is 4.34 Å². The van der Waals surface area contributed by atoms with Crippen molar-refractivity contribution < 1.29 is 0 Å². The molecule has 0 aliphatic rings. The third-order valence-electron chi connectivity index (χ3n) is 2.16. The van der Waals surface area contributed by atoms with E-state index in [9.17, 15) is 0 Å². The summed E-state index contributed by atoms with van der Waals surface area (Å²) in [7, 11) is 0. The van der Waals surface area contributed by atoms with Gasteiger partial charge in [-0.25, -0.2) is 0 Å². The Morgan fingerprint density at radius 3 is 2.80 bits per heavy atom. The molecule has 0 spiro atoms. The summed E-state index contributed by atoms with van der Waals surface area (Å²) in [6, 6.07) is 6.50. The number of rotatable bonds is 4. The molecule has 1 nitrogen and oxygen atoms in total. The first-order chi connectivity index (χ1) is 7.31. The molecular formula is C11H12ClNS2. The van der Waals surface area contributed by atoms with Gasteiger partial charge in [0.15, 0.2) is 0 Å². The van der Waals surface area contributed by atoms with E-state index in [2.05, 4.69) is 35.1 Å². The second-order valence-corrected chi connectivity index (χ2v) is 5.72. The molecule has 0 bridgehead atoms. The van der Waals surface area contributed by atoms with Gasteiger partial charge in [-0.2, -0.15) is 11.3 Å². The zero-order valence-electron chi connectivity index (χ0n) is 8.37. The highest BCUT2D eigenvalue weighted by Crippen LogP contribution is 2.31. The molecule has 0 saturated heterocycles. The number of thiophene rings is 2. The molecule has 1 atom stereocenters. The van der Waals surface area contributed by atoms with Crippen LogP contribution in [0.25, 0.3) is 0 Å². The summed E-state index contributed by atoms with van der Waals surface area (Å²) in [5.41, 5.74) is 1.32. The Bertz CT molecular complexity index is 408. The topological polar surface area (TPSA) is 12.0 Å². The highest BCUT2D eigenvalue weighted by Gasteiger charge is 2.14. The van der Waals surface area contributed by atoms with E-state index < -0.39 is 0 Å². The molecule has 2 aromatic rings. The van der Waals surface area contributed by atoms with Gasteiger partial charge in [0.2, 0.25) is 0 Å². The Morgan fingerprint density at radius 2 is 2.27 bits per heavy atom. The summed E-state index contributed by atoms with van der Waals surface area (Å²) in [6.45, 7) is 3.07. The minimum Gasteiger partial charge on any atom is -0.306 e. The van der Waals surface area contributed by atoms with Crippen LogP contribution in [0.4, 0.5) is 0 Å². The van der Waals surface area contributed by atoms with Crippen LogP contribution in [0.5, 0.6) is 0 Å². The van der Waals surface area contributed by atoms with Gasteiger partial charge in [0, 0.05) is 4.88 Å². The molecule has 2 aromatic heterocycles. The summed E-state index contributed by atoms with van der Waals surface area (Å²) in [4.78, 5) is 1.28. The van der Waals surface area contributed by atoms with Crippen LogP contribution in [0.1, 0.15) is 23.4 Å². The maximum absolute atomic E-state index is 5.96. The van der Waals surface area contributed by atoms with Crippen molar-refractivity contribution >= 4 is 34.3 Å². The van der Waals surface area contributed by atoms with Gasteiger partial charge in [-0.3, -0.25) is 0 Å². The largest absolute Gasteiger partial charge is 0.306 e. The standard InChI is InChI=1S/C11H12ClNS2/c1-2-13-11(8-5-6-14-7-8)9-3-4-10(12)15-9/h3-7,11,13H,2H2,1H3. The fraction of sp³-hybridized carbons (Fsp3) is 0.273.